The molecule has 15 heavy (non-hydrogen) atoms. The van der Waals surface area contributed by atoms with Gasteiger partial charge in [-0.15, -0.1) is 0 Å². The fourth-order valence-corrected chi connectivity index (χ4v) is 1.19. The summed E-state index contributed by atoms with van der Waals surface area (Å²) in [5.41, 5.74) is 0. The normalized spacial score (nSPS) is 12.3. The lowest BCUT2D eigenvalue weighted by atomic mass is 10.0. The average molecular weight is 250 g/mol. The van der Waals surface area contributed by atoms with Crippen LogP contribution in [0.15, 0.2) is 0 Å². The van der Waals surface area contributed by atoms with Gasteiger partial charge in [-0.25, -0.2) is 0 Å². The minimum Gasteiger partial charge on any atom is -0.353 e. The fraction of sp³-hybridized carbons (Fsp3) is 0.778. The van der Waals surface area contributed by atoms with E-state index in [1.807, 2.05) is 13.8 Å². The van der Waals surface area contributed by atoms with Crippen LogP contribution in [0.3, 0.4) is 0 Å². The second-order valence-electron chi connectivity index (χ2n) is 3.54. The van der Waals surface area contributed by atoms with Crippen molar-refractivity contribution >= 4 is 37.1 Å². The van der Waals surface area contributed by atoms with Crippen LogP contribution in [0.2, 0.25) is 0 Å². The van der Waals surface area contributed by atoms with Gasteiger partial charge in [0.1, 0.15) is 0 Å². The molecule has 2 N–H and O–H groups in total. The summed E-state index contributed by atoms with van der Waals surface area (Å²) in [6, 6.07) is -0.0616. The third kappa shape index (κ3) is 6.67. The van der Waals surface area contributed by atoms with E-state index < -0.39 is 0 Å². The number of hydrogen-bond donors (Lipinski definition) is 4. The van der Waals surface area contributed by atoms with Gasteiger partial charge in [-0.2, -0.15) is 25.3 Å². The summed E-state index contributed by atoms with van der Waals surface area (Å²) in [5.74, 6) is 0.310. The first-order chi connectivity index (χ1) is 7.01. The molecule has 0 aromatic carbocycles. The lowest BCUT2D eigenvalue weighted by molar-refractivity contribution is -0.121. The summed E-state index contributed by atoms with van der Waals surface area (Å²) in [6.45, 7) is 4.39. The molecule has 0 rings (SSSR count). The first-order valence-electron chi connectivity index (χ1n) is 4.79. The molecule has 0 aliphatic carbocycles. The van der Waals surface area contributed by atoms with Gasteiger partial charge in [0.15, 0.2) is 0 Å². The Morgan fingerprint density at radius 1 is 1.13 bits per heavy atom. The minimum absolute atomic E-state index is 0.0616. The Morgan fingerprint density at radius 3 is 2.07 bits per heavy atom. The van der Waals surface area contributed by atoms with Crippen molar-refractivity contribution < 1.29 is 9.59 Å². The highest BCUT2D eigenvalue weighted by Gasteiger charge is 2.15. The Kier molecular flexibility index (Phi) is 7.68. The van der Waals surface area contributed by atoms with Crippen molar-refractivity contribution in [3.63, 3.8) is 0 Å². The zero-order valence-electron chi connectivity index (χ0n) is 8.99. The van der Waals surface area contributed by atoms with E-state index in [1.165, 1.54) is 0 Å². The van der Waals surface area contributed by atoms with Gasteiger partial charge in [-0.05, 0) is 5.92 Å². The third-order valence-electron chi connectivity index (χ3n) is 1.96. The molecule has 0 aliphatic rings. The SMILES string of the molecule is CC(C)C(CNC(=O)CS)NC(=O)CS. The maximum atomic E-state index is 11.1. The van der Waals surface area contributed by atoms with E-state index >= 15 is 0 Å². The molecule has 6 heteroatoms. The van der Waals surface area contributed by atoms with Crippen molar-refractivity contribution in [2.24, 2.45) is 5.92 Å². The monoisotopic (exact) mass is 250 g/mol. The van der Waals surface area contributed by atoms with Crippen LogP contribution in [-0.4, -0.2) is 35.9 Å². The Bertz CT molecular complexity index is 222. The molecule has 0 fully saturated rings. The summed E-state index contributed by atoms with van der Waals surface area (Å²) in [7, 11) is 0. The van der Waals surface area contributed by atoms with Crippen molar-refractivity contribution in [2.75, 3.05) is 18.1 Å². The van der Waals surface area contributed by atoms with Crippen molar-refractivity contribution in [1.82, 2.24) is 10.6 Å². The molecule has 0 aliphatic heterocycles. The zero-order valence-corrected chi connectivity index (χ0v) is 10.8. The van der Waals surface area contributed by atoms with Crippen molar-refractivity contribution in [3.8, 4) is 0 Å². The van der Waals surface area contributed by atoms with E-state index in [2.05, 4.69) is 35.9 Å². The summed E-state index contributed by atoms with van der Waals surface area (Å²) in [4.78, 5) is 22.1. The Hall–Kier alpha value is -0.360. The largest absolute Gasteiger partial charge is 0.353 e. The molecule has 0 radical (unpaired) electrons. The van der Waals surface area contributed by atoms with E-state index in [0.717, 1.165) is 0 Å². The molecular formula is C9H18N2O2S2. The van der Waals surface area contributed by atoms with Crippen LogP contribution in [0.1, 0.15) is 13.8 Å². The predicted molar refractivity (Wildman–Crippen MR) is 67.5 cm³/mol. The third-order valence-corrected chi connectivity index (χ3v) is 2.53. The average Bonchev–Trinajstić information content (AvgIpc) is 2.22. The summed E-state index contributed by atoms with van der Waals surface area (Å²) in [5, 5.41) is 5.48. The maximum Gasteiger partial charge on any atom is 0.230 e. The fourth-order valence-electron chi connectivity index (χ4n) is 0.986. The quantitative estimate of drug-likeness (QED) is 0.506. The molecule has 0 heterocycles. The molecule has 2 amide bonds. The standard InChI is InChI=1S/C9H18N2O2S2/c1-6(2)7(11-9(13)5-15)3-10-8(12)4-14/h6-7,14-15H,3-5H2,1-2H3,(H,10,12)(H,11,13). The highest BCUT2D eigenvalue weighted by atomic mass is 32.1. The summed E-state index contributed by atoms with van der Waals surface area (Å²) in [6.07, 6.45) is 0. The first-order valence-corrected chi connectivity index (χ1v) is 6.05. The summed E-state index contributed by atoms with van der Waals surface area (Å²) < 4.78 is 0. The predicted octanol–water partition coefficient (Wildman–Crippen LogP) is 0.103. The first kappa shape index (κ1) is 14.6. The van der Waals surface area contributed by atoms with E-state index in [9.17, 15) is 9.59 Å². The molecular weight excluding hydrogens is 232 g/mol. The Labute approximate surface area is 101 Å². The van der Waals surface area contributed by atoms with Crippen molar-refractivity contribution in [2.45, 2.75) is 19.9 Å². The van der Waals surface area contributed by atoms with Gasteiger partial charge in [-0.3, -0.25) is 9.59 Å². The van der Waals surface area contributed by atoms with Gasteiger partial charge in [0.05, 0.1) is 11.5 Å². The molecule has 0 saturated heterocycles. The molecule has 0 saturated carbocycles. The Morgan fingerprint density at radius 2 is 1.67 bits per heavy atom. The van der Waals surface area contributed by atoms with Crippen molar-refractivity contribution in [1.29, 1.82) is 0 Å². The minimum atomic E-state index is -0.135. The van der Waals surface area contributed by atoms with E-state index in [0.29, 0.717) is 6.54 Å². The number of carbonyl (C=O) groups excluding carboxylic acids is 2. The van der Waals surface area contributed by atoms with Crippen LogP contribution in [0.5, 0.6) is 0 Å². The number of hydrogen-bond acceptors (Lipinski definition) is 4. The lowest BCUT2D eigenvalue weighted by Gasteiger charge is -2.22. The highest BCUT2D eigenvalue weighted by molar-refractivity contribution is 7.81. The van der Waals surface area contributed by atoms with Gasteiger partial charge in [0.2, 0.25) is 11.8 Å². The highest BCUT2D eigenvalue weighted by Crippen LogP contribution is 2.00. The number of thiol groups is 2. The van der Waals surface area contributed by atoms with Gasteiger partial charge in [0, 0.05) is 12.6 Å². The van der Waals surface area contributed by atoms with Crippen LogP contribution in [-0.2, 0) is 9.59 Å². The molecule has 0 bridgehead atoms. The second-order valence-corrected chi connectivity index (χ2v) is 4.17. The number of rotatable bonds is 6. The zero-order chi connectivity index (χ0) is 11.8. The van der Waals surface area contributed by atoms with Crippen molar-refractivity contribution in [3.05, 3.63) is 0 Å². The molecule has 1 atom stereocenters. The molecule has 0 spiro atoms. The molecule has 0 aromatic rings. The van der Waals surface area contributed by atoms with Crippen LogP contribution in [0, 0.1) is 5.92 Å². The van der Waals surface area contributed by atoms with Gasteiger partial charge in [0.25, 0.3) is 0 Å². The second kappa shape index (κ2) is 7.87. The van der Waals surface area contributed by atoms with Crippen LogP contribution >= 0.6 is 25.3 Å². The van der Waals surface area contributed by atoms with E-state index in [-0.39, 0.29) is 35.3 Å². The Balaban J connectivity index is 4.05. The maximum absolute atomic E-state index is 11.1. The molecule has 1 unspecified atom stereocenters. The van der Waals surface area contributed by atoms with E-state index in [1.54, 1.807) is 0 Å². The number of nitrogens with one attached hydrogen (secondary N) is 2. The van der Waals surface area contributed by atoms with Gasteiger partial charge < -0.3 is 10.6 Å². The van der Waals surface area contributed by atoms with Gasteiger partial charge >= 0.3 is 0 Å². The lowest BCUT2D eigenvalue weighted by Crippen LogP contribution is -2.47. The number of amides is 2. The number of carbonyl (C=O) groups is 2. The molecule has 4 nitrogen and oxygen atoms in total. The van der Waals surface area contributed by atoms with Crippen LogP contribution < -0.4 is 10.6 Å². The van der Waals surface area contributed by atoms with Crippen LogP contribution in [0.25, 0.3) is 0 Å². The smallest absolute Gasteiger partial charge is 0.230 e. The van der Waals surface area contributed by atoms with Gasteiger partial charge in [-0.1, -0.05) is 13.8 Å². The van der Waals surface area contributed by atoms with Crippen LogP contribution in [0.4, 0.5) is 0 Å². The molecule has 88 valence electrons. The van der Waals surface area contributed by atoms with E-state index in [4.69, 9.17) is 0 Å². The topological polar surface area (TPSA) is 58.2 Å². The summed E-state index contributed by atoms with van der Waals surface area (Å²) >= 11 is 7.72. The molecule has 0 aromatic heterocycles.